The first-order valence-corrected chi connectivity index (χ1v) is 7.32. The lowest BCUT2D eigenvalue weighted by Gasteiger charge is -2.23. The van der Waals surface area contributed by atoms with Crippen molar-refractivity contribution < 1.29 is 8.78 Å². The molecule has 1 aliphatic carbocycles. The third-order valence-electron chi connectivity index (χ3n) is 4.26. The van der Waals surface area contributed by atoms with Crippen LogP contribution >= 0.6 is 0 Å². The molecule has 0 unspecified atom stereocenters. The Hall–Kier alpha value is -1.96. The molecule has 21 heavy (non-hydrogen) atoms. The van der Waals surface area contributed by atoms with Crippen molar-refractivity contribution in [1.82, 2.24) is 9.55 Å². The maximum Gasteiger partial charge on any atom is 0.264 e. The fourth-order valence-electron chi connectivity index (χ4n) is 3.30. The van der Waals surface area contributed by atoms with E-state index in [0.717, 1.165) is 25.7 Å². The summed E-state index contributed by atoms with van der Waals surface area (Å²) in [5, 5.41) is 9.61. The molecule has 1 saturated carbocycles. The van der Waals surface area contributed by atoms with Crippen LogP contribution in [0.3, 0.4) is 0 Å². The summed E-state index contributed by atoms with van der Waals surface area (Å²) in [6, 6.07) is 3.70. The minimum Gasteiger partial charge on any atom is -0.328 e. The van der Waals surface area contributed by atoms with Crippen LogP contribution in [0, 0.1) is 18.3 Å². The van der Waals surface area contributed by atoms with E-state index in [9.17, 15) is 14.0 Å². The molecule has 0 bridgehead atoms. The predicted octanol–water partition coefficient (Wildman–Crippen LogP) is 4.66. The molecular formula is C16H17F2N3. The highest BCUT2D eigenvalue weighted by atomic mass is 19.3. The van der Waals surface area contributed by atoms with Gasteiger partial charge in [-0.2, -0.15) is 5.26 Å². The molecule has 0 aliphatic heterocycles. The second-order valence-corrected chi connectivity index (χ2v) is 5.71. The Labute approximate surface area is 122 Å². The van der Waals surface area contributed by atoms with Gasteiger partial charge in [0.2, 0.25) is 0 Å². The van der Waals surface area contributed by atoms with Crippen LogP contribution in [0.5, 0.6) is 0 Å². The summed E-state index contributed by atoms with van der Waals surface area (Å²) in [5.74, 6) is 0. The van der Waals surface area contributed by atoms with E-state index in [1.165, 1.54) is 12.5 Å². The molecule has 1 fully saturated rings. The SMILES string of the molecule is Cc1cc(C(F)F)c2c(C#N)cn(C3CCCCC3)c2n1. The topological polar surface area (TPSA) is 41.6 Å². The van der Waals surface area contributed by atoms with Crippen LogP contribution < -0.4 is 0 Å². The summed E-state index contributed by atoms with van der Waals surface area (Å²) in [7, 11) is 0. The van der Waals surface area contributed by atoms with Crippen molar-refractivity contribution in [3.63, 3.8) is 0 Å². The number of alkyl halides is 2. The molecule has 0 amide bonds. The zero-order valence-electron chi connectivity index (χ0n) is 11.9. The fourth-order valence-corrected chi connectivity index (χ4v) is 3.30. The molecule has 2 aromatic rings. The molecule has 0 aromatic carbocycles. The summed E-state index contributed by atoms with van der Waals surface area (Å²) in [4.78, 5) is 4.44. The Balaban J connectivity index is 2.24. The standard InChI is InChI=1S/C16H17F2N3/c1-10-7-13(15(17)18)14-11(8-19)9-21(16(14)20-10)12-5-3-2-4-6-12/h7,9,12,15H,2-6H2,1H3. The number of aromatic nitrogens is 2. The van der Waals surface area contributed by atoms with Crippen molar-refractivity contribution in [2.45, 2.75) is 51.5 Å². The molecule has 0 spiro atoms. The highest BCUT2D eigenvalue weighted by molar-refractivity contribution is 5.87. The van der Waals surface area contributed by atoms with E-state index in [2.05, 4.69) is 11.1 Å². The smallest absolute Gasteiger partial charge is 0.264 e. The van der Waals surface area contributed by atoms with E-state index in [-0.39, 0.29) is 11.6 Å². The van der Waals surface area contributed by atoms with Gasteiger partial charge in [0, 0.05) is 28.9 Å². The highest BCUT2D eigenvalue weighted by Gasteiger charge is 2.24. The monoisotopic (exact) mass is 289 g/mol. The molecule has 110 valence electrons. The Morgan fingerprint density at radius 2 is 2.05 bits per heavy atom. The summed E-state index contributed by atoms with van der Waals surface area (Å²) < 4.78 is 28.5. The first-order valence-electron chi connectivity index (χ1n) is 7.32. The van der Waals surface area contributed by atoms with Crippen LogP contribution in [-0.4, -0.2) is 9.55 Å². The number of nitrogens with zero attached hydrogens (tertiary/aromatic N) is 3. The average molecular weight is 289 g/mol. The number of nitriles is 1. The lowest BCUT2D eigenvalue weighted by Crippen LogP contribution is -2.12. The summed E-state index contributed by atoms with van der Waals surface area (Å²) in [6.45, 7) is 1.72. The first-order chi connectivity index (χ1) is 10.1. The highest BCUT2D eigenvalue weighted by Crippen LogP contribution is 2.36. The number of hydrogen-bond donors (Lipinski definition) is 0. The lowest BCUT2D eigenvalue weighted by atomic mass is 9.95. The van der Waals surface area contributed by atoms with E-state index >= 15 is 0 Å². The van der Waals surface area contributed by atoms with Gasteiger partial charge in [-0.05, 0) is 25.8 Å². The second-order valence-electron chi connectivity index (χ2n) is 5.71. The predicted molar refractivity (Wildman–Crippen MR) is 76.3 cm³/mol. The van der Waals surface area contributed by atoms with E-state index in [4.69, 9.17) is 0 Å². The zero-order chi connectivity index (χ0) is 15.0. The molecule has 3 rings (SSSR count). The Morgan fingerprint density at radius 1 is 1.33 bits per heavy atom. The second kappa shape index (κ2) is 5.44. The van der Waals surface area contributed by atoms with Gasteiger partial charge < -0.3 is 4.57 Å². The van der Waals surface area contributed by atoms with Crippen LogP contribution in [0.4, 0.5) is 8.78 Å². The Bertz CT molecular complexity index is 706. The quantitative estimate of drug-likeness (QED) is 0.807. The molecule has 2 aromatic heterocycles. The summed E-state index contributed by atoms with van der Waals surface area (Å²) >= 11 is 0. The minimum atomic E-state index is -2.59. The van der Waals surface area contributed by atoms with Crippen molar-refractivity contribution >= 4 is 11.0 Å². The first kappa shape index (κ1) is 14.0. The third-order valence-corrected chi connectivity index (χ3v) is 4.26. The van der Waals surface area contributed by atoms with Crippen LogP contribution in [0.15, 0.2) is 12.3 Å². The van der Waals surface area contributed by atoms with Gasteiger partial charge in [-0.3, -0.25) is 0 Å². The van der Waals surface area contributed by atoms with Crippen molar-refractivity contribution in [1.29, 1.82) is 5.26 Å². The van der Waals surface area contributed by atoms with Gasteiger partial charge in [-0.1, -0.05) is 19.3 Å². The number of rotatable bonds is 2. The third kappa shape index (κ3) is 2.39. The lowest BCUT2D eigenvalue weighted by molar-refractivity contribution is 0.153. The van der Waals surface area contributed by atoms with Crippen LogP contribution in [-0.2, 0) is 0 Å². The average Bonchev–Trinajstić information content (AvgIpc) is 2.85. The molecule has 3 nitrogen and oxygen atoms in total. The Morgan fingerprint density at radius 3 is 2.67 bits per heavy atom. The molecule has 5 heteroatoms. The molecule has 2 heterocycles. The van der Waals surface area contributed by atoms with Crippen LogP contribution in [0.25, 0.3) is 11.0 Å². The summed E-state index contributed by atoms with van der Waals surface area (Å²) in [6.07, 6.45) is 4.65. The number of pyridine rings is 1. The van der Waals surface area contributed by atoms with E-state index in [1.54, 1.807) is 13.1 Å². The molecule has 0 atom stereocenters. The normalized spacial score (nSPS) is 16.5. The number of aryl methyl sites for hydroxylation is 1. The van der Waals surface area contributed by atoms with Gasteiger partial charge in [0.1, 0.15) is 11.7 Å². The Kier molecular flexibility index (Phi) is 3.62. The van der Waals surface area contributed by atoms with Crippen LogP contribution in [0.1, 0.15) is 61.4 Å². The zero-order valence-corrected chi connectivity index (χ0v) is 11.9. The number of hydrogen-bond acceptors (Lipinski definition) is 2. The van der Waals surface area contributed by atoms with Crippen molar-refractivity contribution in [3.8, 4) is 6.07 Å². The van der Waals surface area contributed by atoms with Gasteiger partial charge in [-0.25, -0.2) is 13.8 Å². The number of fused-ring (bicyclic) bond motifs is 1. The summed E-state index contributed by atoms with van der Waals surface area (Å²) in [5.41, 5.74) is 1.33. The van der Waals surface area contributed by atoms with Gasteiger partial charge in [0.15, 0.2) is 0 Å². The van der Waals surface area contributed by atoms with Gasteiger partial charge >= 0.3 is 0 Å². The maximum absolute atomic E-state index is 13.3. The van der Waals surface area contributed by atoms with Gasteiger partial charge in [0.25, 0.3) is 6.43 Å². The number of halogens is 2. The van der Waals surface area contributed by atoms with Gasteiger partial charge in [-0.15, -0.1) is 0 Å². The minimum absolute atomic E-state index is 0.0800. The largest absolute Gasteiger partial charge is 0.328 e. The van der Waals surface area contributed by atoms with Crippen molar-refractivity contribution in [2.75, 3.05) is 0 Å². The van der Waals surface area contributed by atoms with Crippen molar-refractivity contribution in [2.24, 2.45) is 0 Å². The maximum atomic E-state index is 13.3. The van der Waals surface area contributed by atoms with Crippen molar-refractivity contribution in [3.05, 3.63) is 29.1 Å². The van der Waals surface area contributed by atoms with E-state index in [1.807, 2.05) is 4.57 Å². The van der Waals surface area contributed by atoms with E-state index < -0.39 is 6.43 Å². The molecular weight excluding hydrogens is 272 g/mol. The van der Waals surface area contributed by atoms with E-state index in [0.29, 0.717) is 22.3 Å². The molecule has 0 saturated heterocycles. The molecule has 0 radical (unpaired) electrons. The van der Waals surface area contributed by atoms with Crippen LogP contribution in [0.2, 0.25) is 0 Å². The molecule has 1 aliphatic rings. The fraction of sp³-hybridized carbons (Fsp3) is 0.500. The molecule has 0 N–H and O–H groups in total. The van der Waals surface area contributed by atoms with Gasteiger partial charge in [0.05, 0.1) is 5.56 Å².